The van der Waals surface area contributed by atoms with Gasteiger partial charge in [-0.25, -0.2) is 0 Å². The van der Waals surface area contributed by atoms with Gasteiger partial charge >= 0.3 is 12.1 Å². The standard InChI is InChI=1S/C19H18F3N3O2/c1-25-17-5-3-11(7-13(17)10-24-25)14-8-12(4-6-18(26)27-2)15(9-16(14)23)19(20,21)22/h3,5,7-10H,4,6,23H2,1-2H3. The molecule has 8 heteroatoms. The maximum atomic E-state index is 13.4. The maximum Gasteiger partial charge on any atom is 0.416 e. The highest BCUT2D eigenvalue weighted by atomic mass is 19.4. The second-order valence-corrected chi connectivity index (χ2v) is 6.21. The molecule has 2 aromatic carbocycles. The van der Waals surface area contributed by atoms with Crippen LogP contribution in [0, 0.1) is 0 Å². The van der Waals surface area contributed by atoms with Crippen molar-refractivity contribution in [2.75, 3.05) is 12.8 Å². The van der Waals surface area contributed by atoms with Crippen LogP contribution in [0.3, 0.4) is 0 Å². The predicted molar refractivity (Wildman–Crippen MR) is 95.9 cm³/mol. The number of anilines is 1. The topological polar surface area (TPSA) is 70.1 Å². The van der Waals surface area contributed by atoms with E-state index in [1.165, 1.54) is 13.2 Å². The summed E-state index contributed by atoms with van der Waals surface area (Å²) >= 11 is 0. The van der Waals surface area contributed by atoms with E-state index in [1.807, 2.05) is 12.1 Å². The first kappa shape index (κ1) is 18.8. The molecule has 0 saturated heterocycles. The van der Waals surface area contributed by atoms with Gasteiger partial charge in [0.15, 0.2) is 0 Å². The third-order valence-corrected chi connectivity index (χ3v) is 4.46. The number of halogens is 3. The highest BCUT2D eigenvalue weighted by Gasteiger charge is 2.34. The monoisotopic (exact) mass is 377 g/mol. The summed E-state index contributed by atoms with van der Waals surface area (Å²) in [6, 6.07) is 7.77. The lowest BCUT2D eigenvalue weighted by molar-refractivity contribution is -0.142. The smallest absolute Gasteiger partial charge is 0.416 e. The van der Waals surface area contributed by atoms with Crippen LogP contribution >= 0.6 is 0 Å². The second-order valence-electron chi connectivity index (χ2n) is 6.21. The molecule has 1 aromatic heterocycles. The fourth-order valence-electron chi connectivity index (χ4n) is 3.05. The molecular formula is C19H18F3N3O2. The molecular weight excluding hydrogens is 359 g/mol. The molecule has 0 aliphatic carbocycles. The zero-order valence-electron chi connectivity index (χ0n) is 14.8. The Labute approximate surface area is 153 Å². The number of aromatic nitrogens is 2. The number of esters is 1. The third-order valence-electron chi connectivity index (χ3n) is 4.46. The summed E-state index contributed by atoms with van der Waals surface area (Å²) in [6.45, 7) is 0. The molecule has 3 aromatic rings. The van der Waals surface area contributed by atoms with Gasteiger partial charge in [0, 0.05) is 30.1 Å². The summed E-state index contributed by atoms with van der Waals surface area (Å²) in [5.74, 6) is -0.571. The predicted octanol–water partition coefficient (Wildman–Crippen LogP) is 3.95. The van der Waals surface area contributed by atoms with Crippen LogP contribution < -0.4 is 5.73 Å². The molecule has 0 amide bonds. The molecule has 27 heavy (non-hydrogen) atoms. The number of benzene rings is 2. The number of ether oxygens (including phenoxy) is 1. The van der Waals surface area contributed by atoms with E-state index in [0.717, 1.165) is 17.0 Å². The van der Waals surface area contributed by atoms with Gasteiger partial charge in [0.05, 0.1) is 24.4 Å². The number of carbonyl (C=O) groups is 1. The number of methoxy groups -OCH3 is 1. The van der Waals surface area contributed by atoms with E-state index in [0.29, 0.717) is 11.1 Å². The Morgan fingerprint density at radius 2 is 2.00 bits per heavy atom. The average Bonchev–Trinajstić information content (AvgIpc) is 2.99. The van der Waals surface area contributed by atoms with Crippen LogP contribution in [0.1, 0.15) is 17.5 Å². The molecule has 0 fully saturated rings. The molecule has 1 heterocycles. The first-order valence-electron chi connectivity index (χ1n) is 8.19. The lowest BCUT2D eigenvalue weighted by Crippen LogP contribution is -2.12. The zero-order valence-corrected chi connectivity index (χ0v) is 14.8. The van der Waals surface area contributed by atoms with E-state index in [1.54, 1.807) is 24.0 Å². The fourth-order valence-corrected chi connectivity index (χ4v) is 3.05. The van der Waals surface area contributed by atoms with Gasteiger partial charge in [-0.3, -0.25) is 9.48 Å². The summed E-state index contributed by atoms with van der Waals surface area (Å²) in [4.78, 5) is 11.4. The molecule has 2 N–H and O–H groups in total. The van der Waals surface area contributed by atoms with Crippen molar-refractivity contribution in [1.29, 1.82) is 0 Å². The van der Waals surface area contributed by atoms with Gasteiger partial charge in [-0.05, 0) is 41.8 Å². The Morgan fingerprint density at radius 3 is 2.67 bits per heavy atom. The number of nitrogens with two attached hydrogens (primary N) is 1. The van der Waals surface area contributed by atoms with Gasteiger partial charge in [0.25, 0.3) is 0 Å². The van der Waals surface area contributed by atoms with Crippen molar-refractivity contribution in [3.63, 3.8) is 0 Å². The van der Waals surface area contributed by atoms with Crippen LogP contribution in [0.2, 0.25) is 0 Å². The molecule has 0 spiro atoms. The zero-order chi connectivity index (χ0) is 19.8. The van der Waals surface area contributed by atoms with Crippen LogP contribution in [-0.4, -0.2) is 22.9 Å². The lowest BCUT2D eigenvalue weighted by Gasteiger charge is -2.17. The molecule has 0 saturated carbocycles. The molecule has 0 unspecified atom stereocenters. The van der Waals surface area contributed by atoms with Gasteiger partial charge in [-0.2, -0.15) is 18.3 Å². The first-order chi connectivity index (χ1) is 12.7. The minimum atomic E-state index is -4.56. The fraction of sp³-hybridized carbons (Fsp3) is 0.263. The van der Waals surface area contributed by atoms with Crippen LogP contribution in [-0.2, 0) is 29.2 Å². The van der Waals surface area contributed by atoms with Crippen molar-refractivity contribution >= 4 is 22.6 Å². The summed E-state index contributed by atoms with van der Waals surface area (Å²) < 4.78 is 46.4. The van der Waals surface area contributed by atoms with E-state index in [9.17, 15) is 18.0 Å². The number of hydrogen-bond donors (Lipinski definition) is 1. The number of rotatable bonds is 4. The van der Waals surface area contributed by atoms with E-state index in [-0.39, 0.29) is 24.1 Å². The van der Waals surface area contributed by atoms with Crippen molar-refractivity contribution in [1.82, 2.24) is 9.78 Å². The summed E-state index contributed by atoms with van der Waals surface area (Å²) in [5.41, 5.74) is 7.18. The Hall–Kier alpha value is -3.03. The van der Waals surface area contributed by atoms with Gasteiger partial charge in [-0.15, -0.1) is 0 Å². The summed E-state index contributed by atoms with van der Waals surface area (Å²) in [6.07, 6.45) is -3.13. The number of alkyl halides is 3. The molecule has 0 radical (unpaired) electrons. The average molecular weight is 377 g/mol. The van der Waals surface area contributed by atoms with Gasteiger partial charge in [-0.1, -0.05) is 6.07 Å². The highest BCUT2D eigenvalue weighted by molar-refractivity contribution is 5.88. The molecule has 0 aliphatic heterocycles. The molecule has 0 aliphatic rings. The summed E-state index contributed by atoms with van der Waals surface area (Å²) in [5, 5.41) is 5.01. The quantitative estimate of drug-likeness (QED) is 0.552. The number of carbonyl (C=O) groups excluding carboxylic acids is 1. The van der Waals surface area contributed by atoms with Crippen LogP contribution in [0.25, 0.3) is 22.0 Å². The molecule has 142 valence electrons. The summed E-state index contributed by atoms with van der Waals surface area (Å²) in [7, 11) is 3.00. The Kier molecular flexibility index (Phi) is 4.82. The number of nitrogen functional groups attached to an aromatic ring is 1. The van der Waals surface area contributed by atoms with Gasteiger partial charge in [0.1, 0.15) is 0 Å². The van der Waals surface area contributed by atoms with E-state index in [2.05, 4.69) is 9.84 Å². The maximum absolute atomic E-state index is 13.4. The molecule has 0 bridgehead atoms. The number of nitrogens with zero attached hydrogens (tertiary/aromatic N) is 2. The van der Waals surface area contributed by atoms with Crippen molar-refractivity contribution in [3.8, 4) is 11.1 Å². The molecule has 3 rings (SSSR count). The molecule has 5 nitrogen and oxygen atoms in total. The van der Waals surface area contributed by atoms with Gasteiger partial charge < -0.3 is 10.5 Å². The Bertz CT molecular complexity index is 1010. The second kappa shape index (κ2) is 6.94. The van der Waals surface area contributed by atoms with Crippen LogP contribution in [0.5, 0.6) is 0 Å². The number of fused-ring (bicyclic) bond motifs is 1. The lowest BCUT2D eigenvalue weighted by atomic mass is 9.94. The third kappa shape index (κ3) is 3.74. The normalized spacial score (nSPS) is 11.7. The van der Waals surface area contributed by atoms with Crippen molar-refractivity contribution in [2.45, 2.75) is 19.0 Å². The van der Waals surface area contributed by atoms with Gasteiger partial charge in [0.2, 0.25) is 0 Å². The van der Waals surface area contributed by atoms with E-state index in [4.69, 9.17) is 5.73 Å². The number of hydrogen-bond acceptors (Lipinski definition) is 4. The van der Waals surface area contributed by atoms with E-state index >= 15 is 0 Å². The Balaban J connectivity index is 2.09. The van der Waals surface area contributed by atoms with Crippen molar-refractivity contribution in [2.24, 2.45) is 7.05 Å². The van der Waals surface area contributed by atoms with Crippen molar-refractivity contribution < 1.29 is 22.7 Å². The minimum absolute atomic E-state index is 0.00313. The van der Waals surface area contributed by atoms with E-state index < -0.39 is 17.7 Å². The highest BCUT2D eigenvalue weighted by Crippen LogP contribution is 2.38. The number of aryl methyl sites for hydroxylation is 2. The largest absolute Gasteiger partial charge is 0.469 e. The first-order valence-corrected chi connectivity index (χ1v) is 8.19. The van der Waals surface area contributed by atoms with Crippen LogP contribution in [0.15, 0.2) is 36.5 Å². The minimum Gasteiger partial charge on any atom is -0.469 e. The van der Waals surface area contributed by atoms with Crippen molar-refractivity contribution in [3.05, 3.63) is 47.7 Å². The molecule has 0 atom stereocenters. The van der Waals surface area contributed by atoms with Crippen LogP contribution in [0.4, 0.5) is 18.9 Å². The Morgan fingerprint density at radius 1 is 1.26 bits per heavy atom. The SMILES string of the molecule is COC(=O)CCc1cc(-c2ccc3c(cnn3C)c2)c(N)cc1C(F)(F)F.